The van der Waals surface area contributed by atoms with Crippen LogP contribution in [-0.4, -0.2) is 43.5 Å². The first-order valence-electron chi connectivity index (χ1n) is 5.70. The number of aromatic nitrogens is 2. The highest BCUT2D eigenvalue weighted by molar-refractivity contribution is 7.90. The van der Waals surface area contributed by atoms with E-state index in [0.717, 1.165) is 13.0 Å². The number of rotatable bonds is 7. The Labute approximate surface area is 107 Å². The Morgan fingerprint density at radius 3 is 2.28 bits per heavy atom. The van der Waals surface area contributed by atoms with E-state index in [4.69, 9.17) is 5.73 Å². The molecule has 1 aromatic heterocycles. The van der Waals surface area contributed by atoms with Gasteiger partial charge in [0.05, 0.1) is 5.75 Å². The molecule has 0 amide bonds. The fourth-order valence-corrected chi connectivity index (χ4v) is 1.74. The van der Waals surface area contributed by atoms with Crippen molar-refractivity contribution in [3.8, 4) is 0 Å². The first-order chi connectivity index (χ1) is 8.40. The van der Waals surface area contributed by atoms with Crippen molar-refractivity contribution in [2.24, 2.45) is 0 Å². The molecule has 0 aromatic carbocycles. The molecule has 0 radical (unpaired) electrons. The minimum absolute atomic E-state index is 0.0502. The Morgan fingerprint density at radius 1 is 1.22 bits per heavy atom. The monoisotopic (exact) mass is 273 g/mol. The molecule has 7 nitrogen and oxygen atoms in total. The van der Waals surface area contributed by atoms with E-state index >= 15 is 0 Å². The molecule has 4 N–H and O–H groups in total. The Balaban J connectivity index is 2.62. The van der Waals surface area contributed by atoms with E-state index in [1.54, 1.807) is 6.07 Å². The summed E-state index contributed by atoms with van der Waals surface area (Å²) in [4.78, 5) is 8.01. The lowest BCUT2D eigenvalue weighted by atomic mass is 10.4. The van der Waals surface area contributed by atoms with E-state index in [9.17, 15) is 8.42 Å². The number of nitrogens with zero attached hydrogens (tertiary/aromatic N) is 2. The summed E-state index contributed by atoms with van der Waals surface area (Å²) in [5, 5.41) is 6.00. The van der Waals surface area contributed by atoms with Crippen molar-refractivity contribution in [3.63, 3.8) is 0 Å². The van der Waals surface area contributed by atoms with Gasteiger partial charge in [0.2, 0.25) is 5.95 Å². The van der Waals surface area contributed by atoms with Crippen LogP contribution < -0.4 is 16.4 Å². The van der Waals surface area contributed by atoms with Crippen LogP contribution in [0.2, 0.25) is 0 Å². The number of sulfone groups is 1. The van der Waals surface area contributed by atoms with E-state index in [0.29, 0.717) is 18.2 Å². The lowest BCUT2D eigenvalue weighted by molar-refractivity contribution is 0.602. The van der Waals surface area contributed by atoms with Gasteiger partial charge in [-0.3, -0.25) is 0 Å². The summed E-state index contributed by atoms with van der Waals surface area (Å²) in [6, 6.07) is 1.70. The van der Waals surface area contributed by atoms with Gasteiger partial charge in [0, 0.05) is 25.4 Å². The first-order valence-corrected chi connectivity index (χ1v) is 7.77. The van der Waals surface area contributed by atoms with Gasteiger partial charge in [0.1, 0.15) is 21.5 Å². The highest BCUT2D eigenvalue weighted by Crippen LogP contribution is 2.12. The molecule has 0 saturated heterocycles. The molecule has 1 aromatic rings. The Bertz CT molecular complexity index is 489. The molecule has 0 spiro atoms. The standard InChI is InChI=1S/C10H19N5O2S/c1-3-4-12-8-7-9(15-10(11)14-8)13-5-6-18(2,16)17/h7H,3-6H2,1-2H3,(H4,11,12,13,14,15). The van der Waals surface area contributed by atoms with Crippen molar-refractivity contribution < 1.29 is 8.42 Å². The number of nitrogen functional groups attached to an aromatic ring is 1. The third kappa shape index (κ3) is 5.67. The molecule has 0 bridgehead atoms. The quantitative estimate of drug-likeness (QED) is 0.657. The van der Waals surface area contributed by atoms with Crippen molar-refractivity contribution in [1.29, 1.82) is 0 Å². The van der Waals surface area contributed by atoms with Crippen molar-refractivity contribution in [3.05, 3.63) is 6.07 Å². The summed E-state index contributed by atoms with van der Waals surface area (Å²) in [7, 11) is -2.98. The second kappa shape index (κ2) is 6.39. The van der Waals surface area contributed by atoms with Crippen molar-refractivity contribution in [1.82, 2.24) is 9.97 Å². The van der Waals surface area contributed by atoms with Gasteiger partial charge in [-0.15, -0.1) is 0 Å². The van der Waals surface area contributed by atoms with Gasteiger partial charge >= 0.3 is 0 Å². The molecular formula is C10H19N5O2S. The molecule has 1 rings (SSSR count). The smallest absolute Gasteiger partial charge is 0.223 e. The fraction of sp³-hybridized carbons (Fsp3) is 0.600. The maximum absolute atomic E-state index is 11.0. The van der Waals surface area contributed by atoms with Gasteiger partial charge in [-0.1, -0.05) is 6.92 Å². The zero-order chi connectivity index (χ0) is 13.6. The third-order valence-corrected chi connectivity index (χ3v) is 3.02. The lowest BCUT2D eigenvalue weighted by Gasteiger charge is -2.09. The van der Waals surface area contributed by atoms with Gasteiger partial charge in [0.25, 0.3) is 0 Å². The zero-order valence-corrected chi connectivity index (χ0v) is 11.4. The van der Waals surface area contributed by atoms with Crippen LogP contribution in [0.5, 0.6) is 0 Å². The van der Waals surface area contributed by atoms with Crippen molar-refractivity contribution in [2.45, 2.75) is 13.3 Å². The topological polar surface area (TPSA) is 110 Å². The molecule has 0 aliphatic rings. The molecule has 0 atom stereocenters. The predicted molar refractivity (Wildman–Crippen MR) is 73.4 cm³/mol. The Hall–Kier alpha value is -1.57. The summed E-state index contributed by atoms with van der Waals surface area (Å²) >= 11 is 0. The molecule has 18 heavy (non-hydrogen) atoms. The number of nitrogens with two attached hydrogens (primary N) is 1. The first kappa shape index (κ1) is 14.5. The summed E-state index contributed by atoms with van der Waals surface area (Å²) in [5.41, 5.74) is 5.57. The fourth-order valence-electron chi connectivity index (χ4n) is 1.26. The van der Waals surface area contributed by atoms with Gasteiger partial charge in [-0.25, -0.2) is 8.42 Å². The van der Waals surface area contributed by atoms with Crippen LogP contribution in [0, 0.1) is 0 Å². The van der Waals surface area contributed by atoms with Crippen LogP contribution in [0.25, 0.3) is 0 Å². The molecule has 0 saturated carbocycles. The molecule has 0 fully saturated rings. The summed E-state index contributed by atoms with van der Waals surface area (Å²) in [5.74, 6) is 1.35. The predicted octanol–water partition coefficient (Wildman–Crippen LogP) is 0.337. The molecule has 0 aliphatic carbocycles. The highest BCUT2D eigenvalue weighted by atomic mass is 32.2. The van der Waals surface area contributed by atoms with E-state index in [-0.39, 0.29) is 11.7 Å². The van der Waals surface area contributed by atoms with Gasteiger partial charge < -0.3 is 16.4 Å². The minimum Gasteiger partial charge on any atom is -0.370 e. The maximum atomic E-state index is 11.0. The second-order valence-electron chi connectivity index (χ2n) is 3.98. The van der Waals surface area contributed by atoms with Crippen LogP contribution in [0.4, 0.5) is 17.6 Å². The van der Waals surface area contributed by atoms with Gasteiger partial charge in [-0.2, -0.15) is 9.97 Å². The molecule has 0 unspecified atom stereocenters. The van der Waals surface area contributed by atoms with E-state index in [1.807, 2.05) is 6.92 Å². The van der Waals surface area contributed by atoms with Gasteiger partial charge in [-0.05, 0) is 6.42 Å². The summed E-state index contributed by atoms with van der Waals surface area (Å²) < 4.78 is 22.0. The Kier molecular flexibility index (Phi) is 5.14. The second-order valence-corrected chi connectivity index (χ2v) is 6.24. The molecular weight excluding hydrogens is 254 g/mol. The van der Waals surface area contributed by atoms with E-state index in [1.165, 1.54) is 6.26 Å². The van der Waals surface area contributed by atoms with Crippen LogP contribution >= 0.6 is 0 Å². The SMILES string of the molecule is CCCNc1cc(NCCS(C)(=O)=O)nc(N)n1. The minimum atomic E-state index is -2.98. The average Bonchev–Trinajstić information content (AvgIpc) is 2.24. The molecule has 0 aliphatic heterocycles. The van der Waals surface area contributed by atoms with Crippen molar-refractivity contribution in [2.75, 3.05) is 41.5 Å². The summed E-state index contributed by atoms with van der Waals surface area (Å²) in [6.45, 7) is 3.13. The zero-order valence-electron chi connectivity index (χ0n) is 10.6. The van der Waals surface area contributed by atoms with Crippen LogP contribution in [0.1, 0.15) is 13.3 Å². The van der Waals surface area contributed by atoms with Gasteiger partial charge in [0.15, 0.2) is 0 Å². The van der Waals surface area contributed by atoms with Crippen LogP contribution in [-0.2, 0) is 9.84 Å². The summed E-state index contributed by atoms with van der Waals surface area (Å²) in [6.07, 6.45) is 2.16. The maximum Gasteiger partial charge on any atom is 0.223 e. The van der Waals surface area contributed by atoms with Crippen LogP contribution in [0.3, 0.4) is 0 Å². The number of anilines is 3. The van der Waals surface area contributed by atoms with Crippen molar-refractivity contribution >= 4 is 27.4 Å². The highest BCUT2D eigenvalue weighted by Gasteiger charge is 2.04. The largest absolute Gasteiger partial charge is 0.370 e. The Morgan fingerprint density at radius 2 is 1.78 bits per heavy atom. The number of nitrogens with one attached hydrogen (secondary N) is 2. The van der Waals surface area contributed by atoms with Crippen LogP contribution in [0.15, 0.2) is 6.07 Å². The van der Waals surface area contributed by atoms with E-state index < -0.39 is 9.84 Å². The average molecular weight is 273 g/mol. The lowest BCUT2D eigenvalue weighted by Crippen LogP contribution is -2.15. The normalized spacial score (nSPS) is 11.2. The molecule has 102 valence electrons. The van der Waals surface area contributed by atoms with E-state index in [2.05, 4.69) is 20.6 Å². The molecule has 1 heterocycles. The third-order valence-electron chi connectivity index (χ3n) is 2.08. The number of hydrogen-bond donors (Lipinski definition) is 3. The molecule has 8 heteroatoms. The number of hydrogen-bond acceptors (Lipinski definition) is 7.